The molecular weight excluding hydrogens is 198 g/mol. The van der Waals surface area contributed by atoms with Crippen LogP contribution in [0, 0.1) is 5.92 Å². The highest BCUT2D eigenvalue weighted by molar-refractivity contribution is 5.34. The van der Waals surface area contributed by atoms with E-state index in [0.29, 0.717) is 6.04 Å². The van der Waals surface area contributed by atoms with Crippen molar-refractivity contribution in [2.75, 3.05) is 14.2 Å². The second kappa shape index (κ2) is 5.35. The van der Waals surface area contributed by atoms with Crippen LogP contribution in [0.4, 0.5) is 0 Å². The maximum absolute atomic E-state index is 5.39. The molecule has 0 heterocycles. The number of nitrogens with one attached hydrogen (secondary N) is 1. The Balaban J connectivity index is 2.05. The van der Waals surface area contributed by atoms with Crippen molar-refractivity contribution in [1.82, 2.24) is 5.32 Å². The van der Waals surface area contributed by atoms with E-state index in [0.717, 1.165) is 18.1 Å². The van der Waals surface area contributed by atoms with Crippen LogP contribution in [0.3, 0.4) is 0 Å². The van der Waals surface area contributed by atoms with Gasteiger partial charge in [0.15, 0.2) is 0 Å². The molecular formula is C14H21NO. The molecule has 0 saturated heterocycles. The second-order valence-electron chi connectivity index (χ2n) is 4.60. The first kappa shape index (κ1) is 11.5. The Morgan fingerprint density at radius 2 is 2.12 bits per heavy atom. The topological polar surface area (TPSA) is 21.3 Å². The molecule has 1 atom stereocenters. The molecule has 1 unspecified atom stereocenters. The monoisotopic (exact) mass is 219 g/mol. The number of hydrogen-bond donors (Lipinski definition) is 1. The highest BCUT2D eigenvalue weighted by Gasteiger charge is 2.26. The fourth-order valence-electron chi connectivity index (χ4n) is 2.46. The van der Waals surface area contributed by atoms with E-state index in [1.165, 1.54) is 24.8 Å². The van der Waals surface area contributed by atoms with Crippen LogP contribution in [0.15, 0.2) is 24.3 Å². The Kier molecular flexibility index (Phi) is 3.83. The van der Waals surface area contributed by atoms with Gasteiger partial charge in [0.25, 0.3) is 0 Å². The average molecular weight is 219 g/mol. The molecule has 0 spiro atoms. The second-order valence-corrected chi connectivity index (χ2v) is 4.60. The quantitative estimate of drug-likeness (QED) is 0.822. The van der Waals surface area contributed by atoms with Crippen LogP contribution in [0.2, 0.25) is 0 Å². The lowest BCUT2D eigenvalue weighted by Gasteiger charge is -2.34. The molecule has 0 amide bonds. The van der Waals surface area contributed by atoms with Gasteiger partial charge in [0.2, 0.25) is 0 Å². The van der Waals surface area contributed by atoms with Crippen LogP contribution in [0.5, 0.6) is 5.75 Å². The Morgan fingerprint density at radius 1 is 1.38 bits per heavy atom. The lowest BCUT2D eigenvalue weighted by molar-refractivity contribution is 0.234. The van der Waals surface area contributed by atoms with Crippen molar-refractivity contribution in [3.05, 3.63) is 29.8 Å². The molecule has 2 rings (SSSR count). The van der Waals surface area contributed by atoms with Gasteiger partial charge in [0.1, 0.15) is 5.75 Å². The molecule has 0 bridgehead atoms. The number of likely N-dealkylation sites (N-methyl/N-ethyl adjacent to an activating group) is 1. The highest BCUT2D eigenvalue weighted by atomic mass is 16.5. The van der Waals surface area contributed by atoms with E-state index >= 15 is 0 Å². The van der Waals surface area contributed by atoms with Crippen molar-refractivity contribution < 1.29 is 4.74 Å². The van der Waals surface area contributed by atoms with E-state index in [1.54, 1.807) is 7.11 Å². The molecule has 1 aromatic carbocycles. The number of ether oxygens (including phenoxy) is 1. The third-order valence-corrected chi connectivity index (χ3v) is 3.72. The summed E-state index contributed by atoms with van der Waals surface area (Å²) in [7, 11) is 3.81. The van der Waals surface area contributed by atoms with Crippen molar-refractivity contribution >= 4 is 0 Å². The normalized spacial score (nSPS) is 17.9. The van der Waals surface area contributed by atoms with Gasteiger partial charge in [-0.05, 0) is 43.9 Å². The van der Waals surface area contributed by atoms with Gasteiger partial charge >= 0.3 is 0 Å². The molecule has 2 nitrogen and oxygen atoms in total. The molecule has 1 aliphatic rings. The van der Waals surface area contributed by atoms with Gasteiger partial charge in [-0.15, -0.1) is 0 Å². The first-order valence-electron chi connectivity index (χ1n) is 6.14. The number of methoxy groups -OCH3 is 1. The maximum atomic E-state index is 5.39. The Morgan fingerprint density at radius 3 is 2.69 bits per heavy atom. The van der Waals surface area contributed by atoms with Crippen molar-refractivity contribution in [3.8, 4) is 5.75 Å². The number of para-hydroxylation sites is 1. The molecule has 0 radical (unpaired) electrons. The van der Waals surface area contributed by atoms with Gasteiger partial charge in [-0.25, -0.2) is 0 Å². The molecule has 2 heteroatoms. The fourth-order valence-corrected chi connectivity index (χ4v) is 2.46. The minimum absolute atomic E-state index is 0.602. The molecule has 0 aliphatic heterocycles. The van der Waals surface area contributed by atoms with E-state index in [1.807, 2.05) is 12.1 Å². The van der Waals surface area contributed by atoms with E-state index < -0.39 is 0 Å². The fraction of sp³-hybridized carbons (Fsp3) is 0.571. The summed E-state index contributed by atoms with van der Waals surface area (Å²) in [5.74, 6) is 1.87. The zero-order valence-corrected chi connectivity index (χ0v) is 10.2. The predicted octanol–water partition coefficient (Wildman–Crippen LogP) is 2.63. The van der Waals surface area contributed by atoms with Gasteiger partial charge in [0.05, 0.1) is 7.11 Å². The van der Waals surface area contributed by atoms with E-state index in [2.05, 4.69) is 24.5 Å². The third kappa shape index (κ3) is 2.38. The smallest absolute Gasteiger partial charge is 0.122 e. The van der Waals surface area contributed by atoms with Gasteiger partial charge in [0, 0.05) is 6.04 Å². The Labute approximate surface area is 98.0 Å². The zero-order chi connectivity index (χ0) is 11.4. The summed E-state index contributed by atoms with van der Waals surface area (Å²) in [6, 6.07) is 8.93. The lowest BCUT2D eigenvalue weighted by atomic mass is 9.77. The largest absolute Gasteiger partial charge is 0.496 e. The lowest BCUT2D eigenvalue weighted by Crippen LogP contribution is -2.39. The summed E-state index contributed by atoms with van der Waals surface area (Å²) in [5.41, 5.74) is 1.32. The summed E-state index contributed by atoms with van der Waals surface area (Å²) < 4.78 is 5.39. The standard InChI is InChI=1S/C14H21NO/c1-15-13(11-7-5-8-11)10-12-6-3-4-9-14(12)16-2/h3-4,6,9,11,13,15H,5,7-8,10H2,1-2H3. The predicted molar refractivity (Wildman–Crippen MR) is 66.9 cm³/mol. The highest BCUT2D eigenvalue weighted by Crippen LogP contribution is 2.32. The van der Waals surface area contributed by atoms with Gasteiger partial charge in [-0.3, -0.25) is 0 Å². The molecule has 88 valence electrons. The SMILES string of the molecule is CNC(Cc1ccccc1OC)C1CCC1. The van der Waals surface area contributed by atoms with Crippen LogP contribution in [-0.4, -0.2) is 20.2 Å². The van der Waals surface area contributed by atoms with Crippen molar-refractivity contribution in [1.29, 1.82) is 0 Å². The molecule has 1 N–H and O–H groups in total. The molecule has 1 fully saturated rings. The van der Waals surface area contributed by atoms with Crippen LogP contribution in [0.25, 0.3) is 0 Å². The van der Waals surface area contributed by atoms with Crippen molar-refractivity contribution in [2.45, 2.75) is 31.7 Å². The summed E-state index contributed by atoms with van der Waals surface area (Å²) >= 11 is 0. The summed E-state index contributed by atoms with van der Waals surface area (Å²) in [4.78, 5) is 0. The molecule has 0 aromatic heterocycles. The third-order valence-electron chi connectivity index (χ3n) is 3.72. The molecule has 16 heavy (non-hydrogen) atoms. The Hall–Kier alpha value is -1.02. The van der Waals surface area contributed by atoms with E-state index in [-0.39, 0.29) is 0 Å². The van der Waals surface area contributed by atoms with Crippen LogP contribution in [0.1, 0.15) is 24.8 Å². The van der Waals surface area contributed by atoms with Gasteiger partial charge in [-0.1, -0.05) is 24.6 Å². The van der Waals surface area contributed by atoms with Gasteiger partial charge < -0.3 is 10.1 Å². The molecule has 1 aliphatic carbocycles. The average Bonchev–Trinajstić information content (AvgIpc) is 2.26. The molecule has 1 aromatic rings. The Bertz CT molecular complexity index is 333. The van der Waals surface area contributed by atoms with Crippen molar-refractivity contribution in [2.24, 2.45) is 5.92 Å². The zero-order valence-electron chi connectivity index (χ0n) is 10.2. The van der Waals surface area contributed by atoms with Crippen LogP contribution in [-0.2, 0) is 6.42 Å². The molecule has 1 saturated carbocycles. The van der Waals surface area contributed by atoms with E-state index in [9.17, 15) is 0 Å². The number of hydrogen-bond acceptors (Lipinski definition) is 2. The first-order chi connectivity index (χ1) is 7.85. The van der Waals surface area contributed by atoms with E-state index in [4.69, 9.17) is 4.74 Å². The maximum Gasteiger partial charge on any atom is 0.122 e. The summed E-state index contributed by atoms with van der Waals surface area (Å²) in [5, 5.41) is 3.45. The summed E-state index contributed by atoms with van der Waals surface area (Å²) in [6.45, 7) is 0. The summed E-state index contributed by atoms with van der Waals surface area (Å²) in [6.07, 6.45) is 5.22. The minimum atomic E-state index is 0.602. The number of benzene rings is 1. The first-order valence-corrected chi connectivity index (χ1v) is 6.14. The number of rotatable bonds is 5. The minimum Gasteiger partial charge on any atom is -0.496 e. The van der Waals surface area contributed by atoms with Crippen LogP contribution < -0.4 is 10.1 Å². The van der Waals surface area contributed by atoms with Crippen LogP contribution >= 0.6 is 0 Å². The van der Waals surface area contributed by atoms with Gasteiger partial charge in [-0.2, -0.15) is 0 Å². The van der Waals surface area contributed by atoms with Crippen molar-refractivity contribution in [3.63, 3.8) is 0 Å².